The Kier molecular flexibility index (Phi) is 5.84. The van der Waals surface area contributed by atoms with E-state index in [1.165, 1.54) is 10.7 Å². The molecule has 28 heavy (non-hydrogen) atoms. The van der Waals surface area contributed by atoms with Gasteiger partial charge in [-0.25, -0.2) is 9.48 Å². The zero-order valence-corrected chi connectivity index (χ0v) is 16.0. The third-order valence-electron chi connectivity index (χ3n) is 4.34. The van der Waals surface area contributed by atoms with Crippen LogP contribution in [-0.2, 0) is 11.3 Å². The number of hydrogen-bond acceptors (Lipinski definition) is 6. The number of aromatic nitrogens is 3. The molecular weight excluding hydrogens is 356 g/mol. The Morgan fingerprint density at radius 3 is 2.64 bits per heavy atom. The van der Waals surface area contributed by atoms with Crippen molar-refractivity contribution in [2.24, 2.45) is 0 Å². The maximum Gasteiger partial charge on any atom is 0.359 e. The molecule has 144 valence electrons. The highest BCUT2D eigenvalue weighted by Crippen LogP contribution is 2.20. The van der Waals surface area contributed by atoms with Crippen molar-refractivity contribution >= 4 is 17.3 Å². The average molecular weight is 378 g/mol. The molecule has 2 aromatic heterocycles. The van der Waals surface area contributed by atoms with E-state index in [4.69, 9.17) is 4.74 Å². The van der Waals surface area contributed by atoms with Gasteiger partial charge < -0.3 is 10.1 Å². The van der Waals surface area contributed by atoms with Crippen molar-refractivity contribution in [3.63, 3.8) is 0 Å². The van der Waals surface area contributed by atoms with Crippen LogP contribution in [-0.4, -0.2) is 20.7 Å². The highest BCUT2D eigenvalue weighted by molar-refractivity contribution is 5.88. The number of hydrogen-bond donors (Lipinski definition) is 1. The number of nitrogens with one attached hydrogen (secondary N) is 1. The van der Waals surface area contributed by atoms with Crippen LogP contribution in [0.15, 0.2) is 59.7 Å². The van der Waals surface area contributed by atoms with Crippen LogP contribution in [0.4, 0.5) is 11.4 Å². The molecule has 1 atom stereocenters. The number of anilines is 2. The molecule has 0 bridgehead atoms. The second kappa shape index (κ2) is 8.47. The van der Waals surface area contributed by atoms with Gasteiger partial charge in [0.15, 0.2) is 5.69 Å². The Hall–Kier alpha value is -3.48. The topological polar surface area (TPSA) is 86.1 Å². The Balaban J connectivity index is 1.90. The molecule has 2 heterocycles. The van der Waals surface area contributed by atoms with Gasteiger partial charge in [0.05, 0.1) is 11.9 Å². The van der Waals surface area contributed by atoms with Crippen LogP contribution in [0.1, 0.15) is 41.6 Å². The molecule has 0 fully saturated rings. The van der Waals surface area contributed by atoms with Crippen molar-refractivity contribution in [2.75, 3.05) is 5.32 Å². The summed E-state index contributed by atoms with van der Waals surface area (Å²) in [6.07, 6.45) is 2.86. The second-order valence-corrected chi connectivity index (χ2v) is 6.34. The molecule has 0 amide bonds. The van der Waals surface area contributed by atoms with E-state index in [1.54, 1.807) is 26.2 Å². The zero-order valence-electron chi connectivity index (χ0n) is 16.0. The Morgan fingerprint density at radius 2 is 1.96 bits per heavy atom. The summed E-state index contributed by atoms with van der Waals surface area (Å²) in [7, 11) is 0. The molecule has 0 aliphatic heterocycles. The maximum atomic E-state index is 12.6. The fraction of sp³-hybridized carbons (Fsp3) is 0.238. The third kappa shape index (κ3) is 4.25. The molecule has 1 N–H and O–H groups in total. The van der Waals surface area contributed by atoms with Crippen molar-refractivity contribution in [1.82, 2.24) is 14.8 Å². The van der Waals surface area contributed by atoms with Gasteiger partial charge >= 0.3 is 5.97 Å². The molecule has 3 rings (SSSR count). The molecule has 0 radical (unpaired) electrons. The van der Waals surface area contributed by atoms with Crippen molar-refractivity contribution in [1.29, 1.82) is 0 Å². The van der Waals surface area contributed by atoms with E-state index in [-0.39, 0.29) is 16.9 Å². The molecule has 3 aromatic rings. The number of nitrogens with zero attached hydrogens (tertiary/aromatic N) is 3. The highest BCUT2D eigenvalue weighted by atomic mass is 16.5. The first-order valence-corrected chi connectivity index (χ1v) is 9.05. The average Bonchev–Trinajstić information content (AvgIpc) is 2.71. The largest absolute Gasteiger partial charge is 0.453 e. The SMILES string of the molecule is CCn1nc(C(=O)OC(C)c2ccccc2)cc(Nc2cnccc2C)c1=O. The lowest BCUT2D eigenvalue weighted by atomic mass is 10.1. The van der Waals surface area contributed by atoms with Gasteiger partial charge in [0.2, 0.25) is 0 Å². The zero-order chi connectivity index (χ0) is 20.1. The Bertz CT molecular complexity index is 1030. The smallest absolute Gasteiger partial charge is 0.359 e. The van der Waals surface area contributed by atoms with Gasteiger partial charge in [-0.3, -0.25) is 9.78 Å². The summed E-state index contributed by atoms with van der Waals surface area (Å²) in [5, 5.41) is 7.19. The number of carbonyl (C=O) groups is 1. The van der Waals surface area contributed by atoms with Crippen molar-refractivity contribution < 1.29 is 9.53 Å². The van der Waals surface area contributed by atoms with Crippen LogP contribution in [0.5, 0.6) is 0 Å². The van der Waals surface area contributed by atoms with Crippen molar-refractivity contribution in [3.05, 3.63) is 82.0 Å². The van der Waals surface area contributed by atoms with E-state index in [0.29, 0.717) is 12.2 Å². The van der Waals surface area contributed by atoms with Gasteiger partial charge in [0, 0.05) is 18.8 Å². The van der Waals surface area contributed by atoms with Crippen LogP contribution >= 0.6 is 0 Å². The van der Waals surface area contributed by atoms with E-state index in [9.17, 15) is 9.59 Å². The van der Waals surface area contributed by atoms with Crippen molar-refractivity contribution in [3.8, 4) is 0 Å². The Labute approximate surface area is 163 Å². The first kappa shape index (κ1) is 19.3. The lowest BCUT2D eigenvalue weighted by Gasteiger charge is -2.15. The van der Waals surface area contributed by atoms with Gasteiger partial charge in [-0.1, -0.05) is 30.3 Å². The number of pyridine rings is 1. The number of rotatable bonds is 6. The second-order valence-electron chi connectivity index (χ2n) is 6.34. The number of aryl methyl sites for hydroxylation is 2. The first-order valence-electron chi connectivity index (χ1n) is 9.05. The molecule has 7 heteroatoms. The molecule has 0 spiro atoms. The third-order valence-corrected chi connectivity index (χ3v) is 4.34. The Morgan fingerprint density at radius 1 is 1.21 bits per heavy atom. The summed E-state index contributed by atoms with van der Waals surface area (Å²) in [5.74, 6) is -0.593. The van der Waals surface area contributed by atoms with E-state index >= 15 is 0 Å². The summed E-state index contributed by atoms with van der Waals surface area (Å²) < 4.78 is 6.77. The fourth-order valence-corrected chi connectivity index (χ4v) is 2.70. The minimum atomic E-state index is -0.593. The number of carbonyl (C=O) groups excluding carboxylic acids is 1. The first-order chi connectivity index (χ1) is 13.5. The maximum absolute atomic E-state index is 12.6. The minimum Gasteiger partial charge on any atom is -0.453 e. The quantitative estimate of drug-likeness (QED) is 0.659. The van der Waals surface area contributed by atoms with Gasteiger partial charge in [0.1, 0.15) is 11.8 Å². The minimum absolute atomic E-state index is 0.0632. The van der Waals surface area contributed by atoms with Gasteiger partial charge in [0.25, 0.3) is 5.56 Å². The van der Waals surface area contributed by atoms with E-state index in [2.05, 4.69) is 15.4 Å². The highest BCUT2D eigenvalue weighted by Gasteiger charge is 2.18. The lowest BCUT2D eigenvalue weighted by molar-refractivity contribution is 0.0327. The fourth-order valence-electron chi connectivity index (χ4n) is 2.70. The summed E-state index contributed by atoms with van der Waals surface area (Å²) in [6.45, 7) is 5.81. The summed E-state index contributed by atoms with van der Waals surface area (Å²) in [6, 6.07) is 12.7. The predicted molar refractivity (Wildman–Crippen MR) is 107 cm³/mol. The normalized spacial score (nSPS) is 11.7. The predicted octanol–water partition coefficient (Wildman–Crippen LogP) is 3.63. The molecule has 0 aliphatic rings. The van der Waals surface area contributed by atoms with Crippen LogP contribution < -0.4 is 10.9 Å². The molecule has 0 saturated heterocycles. The summed E-state index contributed by atoms with van der Waals surface area (Å²) in [5.41, 5.74) is 2.48. The van der Waals surface area contributed by atoms with Crippen LogP contribution in [0.2, 0.25) is 0 Å². The van der Waals surface area contributed by atoms with Crippen molar-refractivity contribution in [2.45, 2.75) is 33.4 Å². The van der Waals surface area contributed by atoms with Gasteiger partial charge in [-0.05, 0) is 38.0 Å². The molecule has 7 nitrogen and oxygen atoms in total. The van der Waals surface area contributed by atoms with Gasteiger partial charge in [-0.15, -0.1) is 0 Å². The summed E-state index contributed by atoms with van der Waals surface area (Å²) in [4.78, 5) is 29.3. The lowest BCUT2D eigenvalue weighted by Crippen LogP contribution is -2.27. The molecule has 0 saturated carbocycles. The van der Waals surface area contributed by atoms with Crippen LogP contribution in [0, 0.1) is 6.92 Å². The van der Waals surface area contributed by atoms with Crippen LogP contribution in [0.3, 0.4) is 0 Å². The molecule has 1 unspecified atom stereocenters. The summed E-state index contributed by atoms with van der Waals surface area (Å²) >= 11 is 0. The molecular formula is C21H22N4O3. The van der Waals surface area contributed by atoms with E-state index in [0.717, 1.165) is 11.1 Å². The van der Waals surface area contributed by atoms with E-state index < -0.39 is 12.1 Å². The van der Waals surface area contributed by atoms with Gasteiger partial charge in [-0.2, -0.15) is 5.10 Å². The number of ether oxygens (including phenoxy) is 1. The molecule has 1 aromatic carbocycles. The van der Waals surface area contributed by atoms with Crippen LogP contribution in [0.25, 0.3) is 0 Å². The van der Waals surface area contributed by atoms with E-state index in [1.807, 2.05) is 43.3 Å². The standard InChI is InChI=1S/C21H22N4O3/c1-4-25-20(26)17(23-19-13-22-11-10-14(19)2)12-18(24-25)21(27)28-15(3)16-8-6-5-7-9-16/h5-13,15,23H,4H2,1-3H3. The number of benzene rings is 1. The number of esters is 1. The molecule has 0 aliphatic carbocycles. The monoisotopic (exact) mass is 378 g/mol.